The summed E-state index contributed by atoms with van der Waals surface area (Å²) in [5, 5.41) is 8.94. The average Bonchev–Trinajstić information content (AvgIpc) is 2.23. The number of aliphatic hydroxyl groups is 1. The van der Waals surface area contributed by atoms with Crippen LogP contribution in [0.15, 0.2) is 12.1 Å². The van der Waals surface area contributed by atoms with Crippen molar-refractivity contribution in [3.05, 3.63) is 34.4 Å². The summed E-state index contributed by atoms with van der Waals surface area (Å²) in [6.07, 6.45) is 0. The Bertz CT molecular complexity index is 353. The van der Waals surface area contributed by atoms with Crippen molar-refractivity contribution >= 4 is 0 Å². The van der Waals surface area contributed by atoms with Crippen LogP contribution in [-0.2, 0) is 6.54 Å². The molecule has 0 aliphatic carbocycles. The van der Waals surface area contributed by atoms with Gasteiger partial charge in [-0.15, -0.1) is 0 Å². The van der Waals surface area contributed by atoms with Crippen molar-refractivity contribution in [3.8, 4) is 0 Å². The smallest absolute Gasteiger partial charge is 0.0595 e. The number of nitrogens with zero attached hydrogens (tertiary/aromatic N) is 1. The molecule has 1 rings (SSSR count). The second kappa shape index (κ2) is 6.15. The van der Waals surface area contributed by atoms with Crippen molar-refractivity contribution in [3.63, 3.8) is 0 Å². The second-order valence-corrected chi connectivity index (χ2v) is 5.02. The molecule has 1 atom stereocenters. The molecule has 1 aromatic rings. The van der Waals surface area contributed by atoms with Gasteiger partial charge >= 0.3 is 0 Å². The van der Waals surface area contributed by atoms with Crippen LogP contribution in [0, 0.1) is 20.8 Å². The summed E-state index contributed by atoms with van der Waals surface area (Å²) in [5.74, 6) is 0. The second-order valence-electron chi connectivity index (χ2n) is 5.02. The molecule has 96 valence electrons. The highest BCUT2D eigenvalue weighted by molar-refractivity contribution is 5.37. The van der Waals surface area contributed by atoms with Gasteiger partial charge in [-0.25, -0.2) is 0 Å². The van der Waals surface area contributed by atoms with Crippen LogP contribution in [0.3, 0.4) is 0 Å². The number of likely N-dealkylation sites (N-methyl/N-ethyl adjacent to an activating group) is 1. The lowest BCUT2D eigenvalue weighted by atomic mass is 9.99. The van der Waals surface area contributed by atoms with Gasteiger partial charge in [0, 0.05) is 19.1 Å². The van der Waals surface area contributed by atoms with E-state index in [0.29, 0.717) is 6.54 Å². The van der Waals surface area contributed by atoms with Crippen LogP contribution < -0.4 is 5.73 Å². The molecule has 1 aromatic carbocycles. The Balaban J connectivity index is 2.74. The SMILES string of the molecule is Cc1cc(C)c(CN(C)CC(N)CO)c(C)c1. The molecule has 1 unspecified atom stereocenters. The van der Waals surface area contributed by atoms with Gasteiger partial charge < -0.3 is 15.7 Å². The quantitative estimate of drug-likeness (QED) is 0.811. The summed E-state index contributed by atoms with van der Waals surface area (Å²) in [4.78, 5) is 2.16. The summed E-state index contributed by atoms with van der Waals surface area (Å²) in [5.41, 5.74) is 11.1. The molecule has 3 heteroatoms. The molecule has 0 bridgehead atoms. The van der Waals surface area contributed by atoms with Gasteiger partial charge in [0.15, 0.2) is 0 Å². The molecule has 0 aromatic heterocycles. The van der Waals surface area contributed by atoms with Crippen LogP contribution in [0.1, 0.15) is 22.3 Å². The van der Waals surface area contributed by atoms with Crippen LogP contribution >= 0.6 is 0 Å². The van der Waals surface area contributed by atoms with Gasteiger partial charge in [-0.3, -0.25) is 0 Å². The van der Waals surface area contributed by atoms with Gasteiger partial charge in [-0.1, -0.05) is 17.7 Å². The van der Waals surface area contributed by atoms with E-state index < -0.39 is 0 Å². The largest absolute Gasteiger partial charge is 0.395 e. The summed E-state index contributed by atoms with van der Waals surface area (Å²) in [6.45, 7) is 8.05. The highest BCUT2D eigenvalue weighted by Gasteiger charge is 2.09. The molecule has 0 heterocycles. The average molecular weight is 236 g/mol. The lowest BCUT2D eigenvalue weighted by Gasteiger charge is -2.22. The maximum atomic E-state index is 8.94. The number of hydrogen-bond donors (Lipinski definition) is 2. The Morgan fingerprint density at radius 3 is 2.24 bits per heavy atom. The van der Waals surface area contributed by atoms with Crippen molar-refractivity contribution in [2.45, 2.75) is 33.4 Å². The van der Waals surface area contributed by atoms with Crippen LogP contribution in [0.2, 0.25) is 0 Å². The number of aryl methyl sites for hydroxylation is 3. The first-order valence-electron chi connectivity index (χ1n) is 6.05. The molecule has 17 heavy (non-hydrogen) atoms. The normalized spacial score (nSPS) is 13.1. The predicted molar refractivity (Wildman–Crippen MR) is 72.0 cm³/mol. The Labute approximate surface area is 104 Å². The van der Waals surface area contributed by atoms with Gasteiger partial charge in [-0.2, -0.15) is 0 Å². The summed E-state index contributed by atoms with van der Waals surface area (Å²) in [7, 11) is 2.04. The molecule has 0 radical (unpaired) electrons. The summed E-state index contributed by atoms with van der Waals surface area (Å²) < 4.78 is 0. The topological polar surface area (TPSA) is 49.5 Å². The van der Waals surface area contributed by atoms with Crippen molar-refractivity contribution < 1.29 is 5.11 Å². The van der Waals surface area contributed by atoms with E-state index in [-0.39, 0.29) is 12.6 Å². The molecule has 0 fully saturated rings. The number of aliphatic hydroxyl groups excluding tert-OH is 1. The molecular weight excluding hydrogens is 212 g/mol. The van der Waals surface area contributed by atoms with Gasteiger partial charge in [0.2, 0.25) is 0 Å². The highest BCUT2D eigenvalue weighted by atomic mass is 16.3. The Hall–Kier alpha value is -0.900. The fraction of sp³-hybridized carbons (Fsp3) is 0.571. The Morgan fingerprint density at radius 1 is 1.24 bits per heavy atom. The first-order chi connectivity index (χ1) is 7.93. The van der Waals surface area contributed by atoms with Gasteiger partial charge in [0.05, 0.1) is 6.61 Å². The molecular formula is C14H24N2O. The fourth-order valence-corrected chi connectivity index (χ4v) is 2.25. The van der Waals surface area contributed by atoms with Crippen LogP contribution in [0.5, 0.6) is 0 Å². The van der Waals surface area contributed by atoms with Crippen LogP contribution in [0.25, 0.3) is 0 Å². The van der Waals surface area contributed by atoms with E-state index in [1.807, 2.05) is 7.05 Å². The monoisotopic (exact) mass is 236 g/mol. The minimum Gasteiger partial charge on any atom is -0.395 e. The fourth-order valence-electron chi connectivity index (χ4n) is 2.25. The minimum absolute atomic E-state index is 0.0379. The number of hydrogen-bond acceptors (Lipinski definition) is 3. The summed E-state index contributed by atoms with van der Waals surface area (Å²) >= 11 is 0. The molecule has 0 aliphatic heterocycles. The van der Waals surface area contributed by atoms with E-state index >= 15 is 0 Å². The lowest BCUT2D eigenvalue weighted by molar-refractivity contribution is 0.218. The molecule has 3 N–H and O–H groups in total. The molecule has 0 saturated carbocycles. The minimum atomic E-state index is -0.161. The molecule has 0 saturated heterocycles. The first kappa shape index (κ1) is 14.2. The van der Waals surface area contributed by atoms with Gasteiger partial charge in [0.25, 0.3) is 0 Å². The third kappa shape index (κ3) is 4.11. The summed E-state index contributed by atoms with van der Waals surface area (Å²) in [6, 6.07) is 4.26. The Kier molecular flexibility index (Phi) is 5.12. The van der Waals surface area contributed by atoms with Gasteiger partial charge in [-0.05, 0) is 44.5 Å². The van der Waals surface area contributed by atoms with E-state index in [4.69, 9.17) is 10.8 Å². The standard InChI is InChI=1S/C14H24N2O/c1-10-5-11(2)14(12(3)6-10)8-16(4)7-13(15)9-17/h5-6,13,17H,7-9,15H2,1-4H3. The van der Waals surface area contributed by atoms with Crippen molar-refractivity contribution in [1.29, 1.82) is 0 Å². The Morgan fingerprint density at radius 2 is 1.76 bits per heavy atom. The number of rotatable bonds is 5. The number of nitrogens with two attached hydrogens (primary N) is 1. The van der Waals surface area contributed by atoms with Crippen molar-refractivity contribution in [2.75, 3.05) is 20.2 Å². The van der Waals surface area contributed by atoms with E-state index in [9.17, 15) is 0 Å². The molecule has 0 aliphatic rings. The van der Waals surface area contributed by atoms with Crippen molar-refractivity contribution in [2.24, 2.45) is 5.73 Å². The van der Waals surface area contributed by atoms with Crippen molar-refractivity contribution in [1.82, 2.24) is 4.90 Å². The number of benzene rings is 1. The predicted octanol–water partition coefficient (Wildman–Crippen LogP) is 1.36. The van der Waals surface area contributed by atoms with Crippen LogP contribution in [0.4, 0.5) is 0 Å². The van der Waals surface area contributed by atoms with E-state index in [1.165, 1.54) is 22.3 Å². The zero-order chi connectivity index (χ0) is 13.0. The van der Waals surface area contributed by atoms with Crippen LogP contribution in [-0.4, -0.2) is 36.2 Å². The molecule has 0 spiro atoms. The van der Waals surface area contributed by atoms with E-state index in [1.54, 1.807) is 0 Å². The highest BCUT2D eigenvalue weighted by Crippen LogP contribution is 2.17. The van der Waals surface area contributed by atoms with E-state index in [2.05, 4.69) is 37.8 Å². The molecule has 0 amide bonds. The zero-order valence-electron chi connectivity index (χ0n) is 11.3. The third-order valence-corrected chi connectivity index (χ3v) is 3.05. The lowest BCUT2D eigenvalue weighted by Crippen LogP contribution is -2.37. The first-order valence-corrected chi connectivity index (χ1v) is 6.05. The molecule has 3 nitrogen and oxygen atoms in total. The zero-order valence-corrected chi connectivity index (χ0v) is 11.3. The maximum absolute atomic E-state index is 8.94. The third-order valence-electron chi connectivity index (χ3n) is 3.05. The maximum Gasteiger partial charge on any atom is 0.0595 e. The van der Waals surface area contributed by atoms with E-state index in [0.717, 1.165) is 6.54 Å². The van der Waals surface area contributed by atoms with Gasteiger partial charge in [0.1, 0.15) is 0 Å².